The summed E-state index contributed by atoms with van der Waals surface area (Å²) >= 11 is 0. The van der Waals surface area contributed by atoms with Crippen LogP contribution in [0.15, 0.2) is 18.2 Å². The lowest BCUT2D eigenvalue weighted by molar-refractivity contribution is 0.0944. The Morgan fingerprint density at radius 3 is 3.05 bits per heavy atom. The van der Waals surface area contributed by atoms with E-state index in [1.54, 1.807) is 12.1 Å². The lowest BCUT2D eigenvalue weighted by atomic mass is 10.0. The molecule has 0 amide bonds. The van der Waals surface area contributed by atoms with Gasteiger partial charge in [-0.1, -0.05) is 6.07 Å². The Hall–Kier alpha value is -1.13. The summed E-state index contributed by atoms with van der Waals surface area (Å²) in [6.07, 6.45) is 4.60. The van der Waals surface area contributed by atoms with Gasteiger partial charge in [-0.05, 0) is 49.8 Å². The molecule has 2 unspecified atom stereocenters. The van der Waals surface area contributed by atoms with E-state index in [2.05, 4.69) is 0 Å². The maximum absolute atomic E-state index is 13.3. The van der Waals surface area contributed by atoms with Crippen molar-refractivity contribution in [3.63, 3.8) is 0 Å². The molecule has 1 fully saturated rings. The predicted molar refractivity (Wildman–Crippen MR) is 70.7 cm³/mol. The van der Waals surface area contributed by atoms with Crippen molar-refractivity contribution in [2.75, 3.05) is 13.7 Å². The van der Waals surface area contributed by atoms with Crippen LogP contribution in [0.25, 0.3) is 0 Å². The first-order valence-corrected chi connectivity index (χ1v) is 6.84. The molecule has 0 radical (unpaired) electrons. The van der Waals surface area contributed by atoms with Crippen LogP contribution in [0.5, 0.6) is 5.75 Å². The molecule has 0 spiro atoms. The van der Waals surface area contributed by atoms with Gasteiger partial charge in [0.05, 0.1) is 19.3 Å². The lowest BCUT2D eigenvalue weighted by Gasteiger charge is -2.14. The number of halogens is 1. The van der Waals surface area contributed by atoms with E-state index in [0.717, 1.165) is 32.3 Å². The molecule has 4 heteroatoms. The summed E-state index contributed by atoms with van der Waals surface area (Å²) < 4.78 is 23.7. The number of ether oxygens (including phenoxy) is 2. The largest absolute Gasteiger partial charge is 0.494 e. The highest BCUT2D eigenvalue weighted by atomic mass is 19.1. The number of hydrogen-bond donors (Lipinski definition) is 1. The molecule has 0 aliphatic carbocycles. The first kappa shape index (κ1) is 14.3. The van der Waals surface area contributed by atoms with Crippen molar-refractivity contribution in [1.29, 1.82) is 0 Å². The first-order chi connectivity index (χ1) is 9.20. The summed E-state index contributed by atoms with van der Waals surface area (Å²) in [5, 5.41) is 10.1. The van der Waals surface area contributed by atoms with Gasteiger partial charge in [-0.25, -0.2) is 4.39 Å². The molecule has 1 heterocycles. The highest BCUT2D eigenvalue weighted by molar-refractivity contribution is 5.31. The van der Waals surface area contributed by atoms with E-state index < -0.39 is 11.9 Å². The van der Waals surface area contributed by atoms with Gasteiger partial charge in [0.2, 0.25) is 0 Å². The van der Waals surface area contributed by atoms with Gasteiger partial charge in [0.15, 0.2) is 11.6 Å². The molecular formula is C15H21FO3. The number of rotatable bonds is 6. The zero-order chi connectivity index (χ0) is 13.7. The second kappa shape index (κ2) is 6.87. The Morgan fingerprint density at radius 2 is 2.37 bits per heavy atom. The van der Waals surface area contributed by atoms with Crippen molar-refractivity contribution in [2.45, 2.75) is 44.3 Å². The van der Waals surface area contributed by atoms with Crippen LogP contribution >= 0.6 is 0 Å². The second-order valence-electron chi connectivity index (χ2n) is 4.98. The van der Waals surface area contributed by atoms with Gasteiger partial charge >= 0.3 is 0 Å². The Kier molecular flexibility index (Phi) is 5.16. The van der Waals surface area contributed by atoms with Gasteiger partial charge in [0.1, 0.15) is 0 Å². The van der Waals surface area contributed by atoms with E-state index in [-0.39, 0.29) is 5.75 Å². The fraction of sp³-hybridized carbons (Fsp3) is 0.600. The monoisotopic (exact) mass is 268 g/mol. The minimum Gasteiger partial charge on any atom is -0.494 e. The molecule has 1 aliphatic rings. The van der Waals surface area contributed by atoms with E-state index in [0.29, 0.717) is 18.1 Å². The molecule has 1 aromatic rings. The maximum Gasteiger partial charge on any atom is 0.165 e. The van der Waals surface area contributed by atoms with Crippen molar-refractivity contribution >= 4 is 0 Å². The van der Waals surface area contributed by atoms with E-state index in [4.69, 9.17) is 9.47 Å². The molecule has 1 N–H and O–H groups in total. The molecular weight excluding hydrogens is 247 g/mol. The van der Waals surface area contributed by atoms with Gasteiger partial charge in [0, 0.05) is 6.61 Å². The molecule has 0 aromatic heterocycles. The molecule has 1 saturated heterocycles. The molecule has 0 bridgehead atoms. The highest BCUT2D eigenvalue weighted by Gasteiger charge is 2.16. The van der Waals surface area contributed by atoms with Gasteiger partial charge in [0.25, 0.3) is 0 Å². The first-order valence-electron chi connectivity index (χ1n) is 6.84. The quantitative estimate of drug-likeness (QED) is 0.861. The van der Waals surface area contributed by atoms with Crippen molar-refractivity contribution in [3.05, 3.63) is 29.6 Å². The van der Waals surface area contributed by atoms with Crippen LogP contribution in [0, 0.1) is 5.82 Å². The summed E-state index contributed by atoms with van der Waals surface area (Å²) in [5.74, 6) is -0.228. The summed E-state index contributed by atoms with van der Waals surface area (Å²) in [4.78, 5) is 0. The number of benzene rings is 1. The third-order valence-corrected chi connectivity index (χ3v) is 3.59. The number of hydrogen-bond acceptors (Lipinski definition) is 3. The van der Waals surface area contributed by atoms with Crippen molar-refractivity contribution in [2.24, 2.45) is 0 Å². The lowest BCUT2D eigenvalue weighted by Crippen LogP contribution is -2.06. The summed E-state index contributed by atoms with van der Waals surface area (Å²) in [7, 11) is 1.42. The predicted octanol–water partition coefficient (Wildman–Crippen LogP) is 3.22. The Labute approximate surface area is 113 Å². The van der Waals surface area contributed by atoms with Crippen LogP contribution in [0.3, 0.4) is 0 Å². The van der Waals surface area contributed by atoms with E-state index in [1.165, 1.54) is 13.2 Å². The Bertz CT molecular complexity index is 402. The molecule has 2 atom stereocenters. The zero-order valence-electron chi connectivity index (χ0n) is 11.3. The molecule has 106 valence electrons. The second-order valence-corrected chi connectivity index (χ2v) is 4.98. The molecule has 19 heavy (non-hydrogen) atoms. The van der Waals surface area contributed by atoms with Crippen LogP contribution in [0.2, 0.25) is 0 Å². The molecule has 3 nitrogen and oxygen atoms in total. The van der Waals surface area contributed by atoms with Crippen LogP contribution in [-0.4, -0.2) is 24.9 Å². The van der Waals surface area contributed by atoms with Gasteiger partial charge in [-0.3, -0.25) is 0 Å². The van der Waals surface area contributed by atoms with Gasteiger partial charge < -0.3 is 14.6 Å². The minimum absolute atomic E-state index is 0.177. The van der Waals surface area contributed by atoms with Crippen molar-refractivity contribution in [1.82, 2.24) is 0 Å². The molecule has 2 rings (SSSR count). The van der Waals surface area contributed by atoms with Gasteiger partial charge in [-0.15, -0.1) is 0 Å². The van der Waals surface area contributed by atoms with E-state index in [9.17, 15) is 9.50 Å². The summed E-state index contributed by atoms with van der Waals surface area (Å²) in [5.41, 5.74) is 0.700. The highest BCUT2D eigenvalue weighted by Crippen LogP contribution is 2.26. The molecule has 0 saturated carbocycles. The Balaban J connectivity index is 1.83. The van der Waals surface area contributed by atoms with Crippen LogP contribution < -0.4 is 4.74 Å². The van der Waals surface area contributed by atoms with Crippen molar-refractivity contribution in [3.8, 4) is 5.75 Å². The summed E-state index contributed by atoms with van der Waals surface area (Å²) in [6.45, 7) is 0.863. The van der Waals surface area contributed by atoms with Crippen LogP contribution in [-0.2, 0) is 4.74 Å². The number of aliphatic hydroxyl groups excluding tert-OH is 1. The fourth-order valence-corrected chi connectivity index (χ4v) is 2.46. The normalized spacial score (nSPS) is 20.5. The van der Waals surface area contributed by atoms with Crippen LogP contribution in [0.4, 0.5) is 4.39 Å². The number of aliphatic hydroxyl groups is 1. The maximum atomic E-state index is 13.3. The third kappa shape index (κ3) is 3.91. The third-order valence-electron chi connectivity index (χ3n) is 3.59. The minimum atomic E-state index is -0.573. The molecule has 1 aromatic carbocycles. The van der Waals surface area contributed by atoms with E-state index in [1.807, 2.05) is 0 Å². The Morgan fingerprint density at radius 1 is 1.53 bits per heavy atom. The fourth-order valence-electron chi connectivity index (χ4n) is 2.46. The zero-order valence-corrected chi connectivity index (χ0v) is 11.3. The molecule has 1 aliphatic heterocycles. The van der Waals surface area contributed by atoms with Gasteiger partial charge in [-0.2, -0.15) is 0 Å². The standard InChI is InChI=1S/C15H21FO3/c1-18-15-10-11(7-8-13(15)16)14(17)6-2-4-12-5-3-9-19-12/h7-8,10,12,14,17H,2-6,9H2,1H3. The smallest absolute Gasteiger partial charge is 0.165 e. The average molecular weight is 268 g/mol. The van der Waals surface area contributed by atoms with Crippen molar-refractivity contribution < 1.29 is 19.0 Å². The van der Waals surface area contributed by atoms with E-state index >= 15 is 0 Å². The van der Waals surface area contributed by atoms with Crippen LogP contribution in [0.1, 0.15) is 43.8 Å². The topological polar surface area (TPSA) is 38.7 Å². The number of methoxy groups -OCH3 is 1. The average Bonchev–Trinajstić information content (AvgIpc) is 2.92. The summed E-state index contributed by atoms with van der Waals surface area (Å²) in [6, 6.07) is 4.50. The SMILES string of the molecule is COc1cc(C(O)CCCC2CCCO2)ccc1F.